The van der Waals surface area contributed by atoms with Crippen LogP contribution < -0.4 is 4.72 Å². The standard InChI is InChI=1S/C18H25BrN2O6S/c1-3-27-18(23)13-6-9-21(10-7-13)17(22)15-12-14(4-5-16(15)19)28(24,25)20-8-11-26-2/h4-5,12-13,20H,3,6-11H2,1-2H3. The van der Waals surface area contributed by atoms with Gasteiger partial charge in [0.05, 0.1) is 29.6 Å². The van der Waals surface area contributed by atoms with Crippen LogP contribution in [-0.4, -0.2) is 65.2 Å². The summed E-state index contributed by atoms with van der Waals surface area (Å²) in [4.78, 5) is 26.4. The van der Waals surface area contributed by atoms with Gasteiger partial charge in [0.2, 0.25) is 10.0 Å². The lowest BCUT2D eigenvalue weighted by Crippen LogP contribution is -2.40. The van der Waals surface area contributed by atoms with E-state index in [0.717, 1.165) is 0 Å². The molecule has 1 aliphatic heterocycles. The predicted octanol–water partition coefficient (Wildman–Crippen LogP) is 1.79. The number of piperidine rings is 1. The van der Waals surface area contributed by atoms with E-state index >= 15 is 0 Å². The maximum Gasteiger partial charge on any atom is 0.309 e. The monoisotopic (exact) mass is 476 g/mol. The van der Waals surface area contributed by atoms with Crippen molar-refractivity contribution in [3.05, 3.63) is 28.2 Å². The highest BCUT2D eigenvalue weighted by atomic mass is 79.9. The summed E-state index contributed by atoms with van der Waals surface area (Å²) in [6.07, 6.45) is 1.05. The van der Waals surface area contributed by atoms with Gasteiger partial charge in [-0.05, 0) is 53.9 Å². The highest BCUT2D eigenvalue weighted by Crippen LogP contribution is 2.25. The molecule has 1 saturated heterocycles. The van der Waals surface area contributed by atoms with Crippen molar-refractivity contribution < 1.29 is 27.5 Å². The molecular weight excluding hydrogens is 452 g/mol. The van der Waals surface area contributed by atoms with Crippen LogP contribution in [0.5, 0.6) is 0 Å². The average Bonchev–Trinajstić information content (AvgIpc) is 2.68. The number of likely N-dealkylation sites (tertiary alicyclic amines) is 1. The van der Waals surface area contributed by atoms with E-state index in [1.807, 2.05) is 0 Å². The van der Waals surface area contributed by atoms with Gasteiger partial charge in [0.25, 0.3) is 5.91 Å². The van der Waals surface area contributed by atoms with Gasteiger partial charge in [-0.2, -0.15) is 0 Å². The van der Waals surface area contributed by atoms with Crippen LogP contribution in [0, 0.1) is 5.92 Å². The van der Waals surface area contributed by atoms with Crippen molar-refractivity contribution in [2.45, 2.75) is 24.7 Å². The third-order valence-electron chi connectivity index (χ3n) is 4.48. The number of hydrogen-bond donors (Lipinski definition) is 1. The summed E-state index contributed by atoms with van der Waals surface area (Å²) < 4.78 is 37.6. The third-order valence-corrected chi connectivity index (χ3v) is 6.63. The van der Waals surface area contributed by atoms with Gasteiger partial charge in [-0.3, -0.25) is 9.59 Å². The second kappa shape index (κ2) is 10.3. The Balaban J connectivity index is 2.11. The van der Waals surface area contributed by atoms with Crippen molar-refractivity contribution in [2.75, 3.05) is 40.0 Å². The molecule has 1 aromatic rings. The Hall–Kier alpha value is -1.49. The minimum Gasteiger partial charge on any atom is -0.466 e. The van der Waals surface area contributed by atoms with Crippen molar-refractivity contribution in [3.8, 4) is 0 Å². The number of amides is 1. The Morgan fingerprint density at radius 3 is 2.57 bits per heavy atom. The zero-order chi connectivity index (χ0) is 20.7. The number of carbonyl (C=O) groups is 2. The Bertz CT molecular complexity index is 806. The summed E-state index contributed by atoms with van der Waals surface area (Å²) in [5, 5.41) is 0. The van der Waals surface area contributed by atoms with E-state index in [2.05, 4.69) is 20.7 Å². The molecule has 28 heavy (non-hydrogen) atoms. The van der Waals surface area contributed by atoms with Crippen molar-refractivity contribution in [2.24, 2.45) is 5.92 Å². The first kappa shape index (κ1) is 22.8. The normalized spacial score (nSPS) is 15.5. The molecule has 1 heterocycles. The first-order valence-corrected chi connectivity index (χ1v) is 11.3. The number of ether oxygens (including phenoxy) is 2. The minimum atomic E-state index is -3.75. The van der Waals surface area contributed by atoms with Gasteiger partial charge in [0.15, 0.2) is 0 Å². The fraction of sp³-hybridized carbons (Fsp3) is 0.556. The fourth-order valence-electron chi connectivity index (χ4n) is 2.95. The van der Waals surface area contributed by atoms with Crippen LogP contribution >= 0.6 is 15.9 Å². The molecule has 0 radical (unpaired) electrons. The quantitative estimate of drug-likeness (QED) is 0.453. The molecule has 1 aromatic carbocycles. The number of sulfonamides is 1. The number of carbonyl (C=O) groups excluding carboxylic acids is 2. The van der Waals surface area contributed by atoms with Gasteiger partial charge in [-0.15, -0.1) is 0 Å². The molecule has 1 fully saturated rings. The molecule has 1 amide bonds. The van der Waals surface area contributed by atoms with Crippen LogP contribution in [0.4, 0.5) is 0 Å². The molecule has 0 spiro atoms. The lowest BCUT2D eigenvalue weighted by atomic mass is 9.96. The fourth-order valence-corrected chi connectivity index (χ4v) is 4.40. The second-order valence-electron chi connectivity index (χ2n) is 6.35. The highest BCUT2D eigenvalue weighted by molar-refractivity contribution is 9.10. The summed E-state index contributed by atoms with van der Waals surface area (Å²) in [5.74, 6) is -0.710. The Morgan fingerprint density at radius 2 is 1.96 bits per heavy atom. The molecule has 0 aromatic heterocycles. The summed E-state index contributed by atoms with van der Waals surface area (Å²) in [5.41, 5.74) is 0.268. The van der Waals surface area contributed by atoms with Crippen molar-refractivity contribution >= 4 is 37.8 Å². The van der Waals surface area contributed by atoms with Gasteiger partial charge in [0, 0.05) is 31.2 Å². The minimum absolute atomic E-state index is 0.0107. The number of methoxy groups -OCH3 is 1. The first-order chi connectivity index (χ1) is 13.3. The van der Waals surface area contributed by atoms with E-state index in [0.29, 0.717) is 37.0 Å². The average molecular weight is 477 g/mol. The molecule has 8 nitrogen and oxygen atoms in total. The number of nitrogens with zero attached hydrogens (tertiary/aromatic N) is 1. The Morgan fingerprint density at radius 1 is 1.29 bits per heavy atom. The summed E-state index contributed by atoms with van der Waals surface area (Å²) in [6, 6.07) is 4.34. The van der Waals surface area contributed by atoms with Gasteiger partial charge >= 0.3 is 5.97 Å². The van der Waals surface area contributed by atoms with Crippen molar-refractivity contribution in [3.63, 3.8) is 0 Å². The second-order valence-corrected chi connectivity index (χ2v) is 8.97. The Kier molecular flexibility index (Phi) is 8.41. The summed E-state index contributed by atoms with van der Waals surface area (Å²) >= 11 is 3.33. The van der Waals surface area contributed by atoms with Crippen LogP contribution in [0.1, 0.15) is 30.1 Å². The number of nitrogens with one attached hydrogen (secondary N) is 1. The van der Waals surface area contributed by atoms with Crippen LogP contribution in [-0.2, 0) is 24.3 Å². The molecule has 2 rings (SSSR count). The van der Waals surface area contributed by atoms with Crippen LogP contribution in [0.2, 0.25) is 0 Å². The van der Waals surface area contributed by atoms with E-state index in [9.17, 15) is 18.0 Å². The molecule has 1 aliphatic rings. The topological polar surface area (TPSA) is 102 Å². The summed E-state index contributed by atoms with van der Waals surface area (Å²) in [6.45, 7) is 3.32. The van der Waals surface area contributed by atoms with Gasteiger partial charge in [0.1, 0.15) is 0 Å². The van der Waals surface area contributed by atoms with Crippen LogP contribution in [0.25, 0.3) is 0 Å². The van der Waals surface area contributed by atoms with Gasteiger partial charge in [-0.1, -0.05) is 0 Å². The van der Waals surface area contributed by atoms with Gasteiger partial charge < -0.3 is 14.4 Å². The number of halogens is 1. The van der Waals surface area contributed by atoms with E-state index in [1.54, 1.807) is 17.9 Å². The van der Waals surface area contributed by atoms with Gasteiger partial charge in [-0.25, -0.2) is 13.1 Å². The number of rotatable bonds is 8. The molecular formula is C18H25BrN2O6S. The SMILES string of the molecule is CCOC(=O)C1CCN(C(=O)c2cc(S(=O)(=O)NCCOC)ccc2Br)CC1. The molecule has 0 atom stereocenters. The molecule has 0 bridgehead atoms. The maximum atomic E-state index is 12.9. The highest BCUT2D eigenvalue weighted by Gasteiger charge is 2.30. The van der Waals surface area contributed by atoms with E-state index in [-0.39, 0.29) is 41.4 Å². The largest absolute Gasteiger partial charge is 0.466 e. The molecule has 10 heteroatoms. The van der Waals surface area contributed by atoms with Crippen molar-refractivity contribution in [1.29, 1.82) is 0 Å². The van der Waals surface area contributed by atoms with E-state index < -0.39 is 10.0 Å². The molecule has 0 saturated carbocycles. The number of hydrogen-bond acceptors (Lipinski definition) is 6. The lowest BCUT2D eigenvalue weighted by molar-refractivity contribution is -0.149. The first-order valence-electron chi connectivity index (χ1n) is 9.04. The van der Waals surface area contributed by atoms with Crippen molar-refractivity contribution in [1.82, 2.24) is 9.62 Å². The Labute approximate surface area is 173 Å². The molecule has 0 aliphatic carbocycles. The molecule has 156 valence electrons. The van der Waals surface area contributed by atoms with Crippen LogP contribution in [0.3, 0.4) is 0 Å². The molecule has 1 N–H and O–H groups in total. The zero-order valence-electron chi connectivity index (χ0n) is 15.9. The number of benzene rings is 1. The predicted molar refractivity (Wildman–Crippen MR) is 106 cm³/mol. The lowest BCUT2D eigenvalue weighted by Gasteiger charge is -2.31. The van der Waals surface area contributed by atoms with Crippen LogP contribution in [0.15, 0.2) is 27.6 Å². The van der Waals surface area contributed by atoms with E-state index in [1.165, 1.54) is 19.2 Å². The smallest absolute Gasteiger partial charge is 0.309 e. The van der Waals surface area contributed by atoms with E-state index in [4.69, 9.17) is 9.47 Å². The maximum absolute atomic E-state index is 12.9. The third kappa shape index (κ3) is 5.76. The summed E-state index contributed by atoms with van der Waals surface area (Å²) in [7, 11) is -2.26. The zero-order valence-corrected chi connectivity index (χ0v) is 18.3. The molecule has 0 unspecified atom stereocenters. The number of esters is 1.